The smallest absolute Gasteiger partial charge is 0.410 e. The van der Waals surface area contributed by atoms with Gasteiger partial charge < -0.3 is 14.7 Å². The fraction of sp³-hybridized carbons (Fsp3) is 0.650. The summed E-state index contributed by atoms with van der Waals surface area (Å²) in [5.41, 5.74) is 2.24. The predicted octanol–water partition coefficient (Wildman–Crippen LogP) is 3.72. The molecule has 1 aromatic carbocycles. The van der Waals surface area contributed by atoms with E-state index in [1.165, 1.54) is 11.1 Å². The Hall–Kier alpha value is -1.55. The standard InChI is InChI=1S/C20H29NO3/c1-20(2,3)24-19(23)21-12-10-15(11-13-21)18-16-7-5-4-6-14(16)8-9-17(18)22/h4-7,15,17-18,22H,8-13H2,1-3H3. The lowest BCUT2D eigenvalue weighted by molar-refractivity contribution is 0.0129. The molecular formula is C20H29NO3. The van der Waals surface area contributed by atoms with Gasteiger partial charge in [0.05, 0.1) is 6.10 Å². The number of aryl methyl sites for hydroxylation is 1. The van der Waals surface area contributed by atoms with Crippen LogP contribution < -0.4 is 0 Å². The van der Waals surface area contributed by atoms with Gasteiger partial charge in [0.15, 0.2) is 0 Å². The lowest BCUT2D eigenvalue weighted by Crippen LogP contribution is -2.44. The monoisotopic (exact) mass is 331 g/mol. The molecule has 4 nitrogen and oxygen atoms in total. The molecule has 2 aliphatic rings. The Labute approximate surface area is 144 Å². The van der Waals surface area contributed by atoms with Gasteiger partial charge in [0.2, 0.25) is 0 Å². The van der Waals surface area contributed by atoms with E-state index in [1.54, 1.807) is 0 Å². The normalized spacial score (nSPS) is 25.2. The number of benzene rings is 1. The topological polar surface area (TPSA) is 49.8 Å². The number of hydrogen-bond acceptors (Lipinski definition) is 3. The van der Waals surface area contributed by atoms with Crippen LogP contribution in [0.25, 0.3) is 0 Å². The third kappa shape index (κ3) is 3.75. The van der Waals surface area contributed by atoms with Crippen LogP contribution in [0, 0.1) is 5.92 Å². The second-order valence-corrected chi connectivity index (χ2v) is 8.14. The molecular weight excluding hydrogens is 302 g/mol. The highest BCUT2D eigenvalue weighted by molar-refractivity contribution is 5.68. The summed E-state index contributed by atoms with van der Waals surface area (Å²) in [5.74, 6) is 0.635. The Morgan fingerprint density at radius 2 is 1.83 bits per heavy atom. The summed E-state index contributed by atoms with van der Waals surface area (Å²) in [4.78, 5) is 14.0. The van der Waals surface area contributed by atoms with Crippen molar-refractivity contribution in [2.75, 3.05) is 13.1 Å². The van der Waals surface area contributed by atoms with Gasteiger partial charge in [-0.2, -0.15) is 0 Å². The fourth-order valence-electron chi connectivity index (χ4n) is 4.11. The van der Waals surface area contributed by atoms with Crippen LogP contribution in [0.15, 0.2) is 24.3 Å². The number of rotatable bonds is 1. The molecule has 1 aliphatic heterocycles. The van der Waals surface area contributed by atoms with Crippen LogP contribution in [0.3, 0.4) is 0 Å². The van der Waals surface area contributed by atoms with Crippen molar-refractivity contribution in [3.05, 3.63) is 35.4 Å². The zero-order valence-electron chi connectivity index (χ0n) is 15.0. The highest BCUT2D eigenvalue weighted by Crippen LogP contribution is 2.41. The van der Waals surface area contributed by atoms with Gasteiger partial charge in [-0.25, -0.2) is 4.79 Å². The predicted molar refractivity (Wildman–Crippen MR) is 94.0 cm³/mol. The number of nitrogens with zero attached hydrogens (tertiary/aromatic N) is 1. The van der Waals surface area contributed by atoms with E-state index in [4.69, 9.17) is 4.74 Å². The first-order valence-corrected chi connectivity index (χ1v) is 9.09. The Morgan fingerprint density at radius 3 is 2.50 bits per heavy atom. The second kappa shape index (κ2) is 6.75. The second-order valence-electron chi connectivity index (χ2n) is 8.14. The summed E-state index contributed by atoms with van der Waals surface area (Å²) >= 11 is 0. The molecule has 0 radical (unpaired) electrons. The van der Waals surface area contributed by atoms with Crippen molar-refractivity contribution in [2.45, 2.75) is 64.1 Å². The van der Waals surface area contributed by atoms with E-state index >= 15 is 0 Å². The zero-order valence-corrected chi connectivity index (χ0v) is 15.0. The number of likely N-dealkylation sites (tertiary alicyclic amines) is 1. The average molecular weight is 331 g/mol. The number of amides is 1. The van der Waals surface area contributed by atoms with E-state index in [-0.39, 0.29) is 18.1 Å². The van der Waals surface area contributed by atoms with E-state index in [2.05, 4.69) is 24.3 Å². The molecule has 4 heteroatoms. The minimum Gasteiger partial charge on any atom is -0.444 e. The van der Waals surface area contributed by atoms with Crippen molar-refractivity contribution in [3.8, 4) is 0 Å². The highest BCUT2D eigenvalue weighted by atomic mass is 16.6. The highest BCUT2D eigenvalue weighted by Gasteiger charge is 2.37. The van der Waals surface area contributed by atoms with Crippen LogP contribution in [0.2, 0.25) is 0 Å². The summed E-state index contributed by atoms with van der Waals surface area (Å²) in [7, 11) is 0. The van der Waals surface area contributed by atoms with Crippen molar-refractivity contribution in [3.63, 3.8) is 0 Å². The average Bonchev–Trinajstić information content (AvgIpc) is 2.53. The van der Waals surface area contributed by atoms with Gasteiger partial charge in [0.25, 0.3) is 0 Å². The van der Waals surface area contributed by atoms with Crippen molar-refractivity contribution >= 4 is 6.09 Å². The molecule has 1 fully saturated rings. The van der Waals surface area contributed by atoms with Gasteiger partial charge in [-0.3, -0.25) is 0 Å². The van der Waals surface area contributed by atoms with Crippen LogP contribution >= 0.6 is 0 Å². The first-order chi connectivity index (χ1) is 11.3. The largest absolute Gasteiger partial charge is 0.444 e. The van der Waals surface area contributed by atoms with Crippen molar-refractivity contribution in [1.29, 1.82) is 0 Å². The number of hydrogen-bond donors (Lipinski definition) is 1. The summed E-state index contributed by atoms with van der Waals surface area (Å²) in [6.45, 7) is 7.11. The molecule has 132 valence electrons. The quantitative estimate of drug-likeness (QED) is 0.853. The van der Waals surface area contributed by atoms with E-state index in [0.717, 1.165) is 25.7 Å². The van der Waals surface area contributed by atoms with Crippen LogP contribution in [0.1, 0.15) is 57.1 Å². The van der Waals surface area contributed by atoms with Gasteiger partial charge in [-0.05, 0) is 63.5 Å². The SMILES string of the molecule is CC(C)(C)OC(=O)N1CCC(C2c3ccccc3CCC2O)CC1. The molecule has 0 aromatic heterocycles. The first-order valence-electron chi connectivity index (χ1n) is 9.09. The van der Waals surface area contributed by atoms with Crippen molar-refractivity contribution < 1.29 is 14.6 Å². The molecule has 2 atom stereocenters. The van der Waals surface area contributed by atoms with Crippen molar-refractivity contribution in [1.82, 2.24) is 4.90 Å². The molecule has 1 N–H and O–H groups in total. The molecule has 1 heterocycles. The number of carbonyl (C=O) groups is 1. The maximum Gasteiger partial charge on any atom is 0.410 e. The van der Waals surface area contributed by atoms with E-state index in [1.807, 2.05) is 25.7 Å². The molecule has 2 unspecified atom stereocenters. The maximum absolute atomic E-state index is 12.2. The molecule has 1 saturated heterocycles. The first kappa shape index (κ1) is 17.3. The van der Waals surface area contributed by atoms with Crippen LogP contribution in [0.5, 0.6) is 0 Å². The van der Waals surface area contributed by atoms with E-state index in [9.17, 15) is 9.90 Å². The third-order valence-electron chi connectivity index (χ3n) is 5.24. The summed E-state index contributed by atoms with van der Waals surface area (Å²) in [5, 5.41) is 10.6. The number of ether oxygens (including phenoxy) is 1. The minimum absolute atomic E-state index is 0.204. The minimum atomic E-state index is -0.452. The third-order valence-corrected chi connectivity index (χ3v) is 5.24. The Kier molecular flexibility index (Phi) is 4.86. The van der Waals surface area contributed by atoms with Gasteiger partial charge in [0, 0.05) is 19.0 Å². The lowest BCUT2D eigenvalue weighted by atomic mass is 9.71. The van der Waals surface area contributed by atoms with E-state index < -0.39 is 5.60 Å². The number of aliphatic hydroxyl groups is 1. The number of fused-ring (bicyclic) bond motifs is 1. The van der Waals surface area contributed by atoms with E-state index in [0.29, 0.717) is 19.0 Å². The molecule has 0 spiro atoms. The van der Waals surface area contributed by atoms with Gasteiger partial charge in [0.1, 0.15) is 5.60 Å². The number of carbonyl (C=O) groups excluding carboxylic acids is 1. The zero-order chi connectivity index (χ0) is 17.3. The molecule has 1 aromatic rings. The molecule has 0 saturated carbocycles. The molecule has 1 amide bonds. The molecule has 1 aliphatic carbocycles. The van der Waals surface area contributed by atoms with Gasteiger partial charge in [-0.15, -0.1) is 0 Å². The van der Waals surface area contributed by atoms with Gasteiger partial charge >= 0.3 is 6.09 Å². The molecule has 0 bridgehead atoms. The summed E-state index contributed by atoms with van der Waals surface area (Å²) in [6, 6.07) is 8.51. The summed E-state index contributed by atoms with van der Waals surface area (Å²) in [6.07, 6.45) is 3.17. The molecule has 3 rings (SSSR count). The fourth-order valence-corrected chi connectivity index (χ4v) is 4.11. The van der Waals surface area contributed by atoms with Crippen molar-refractivity contribution in [2.24, 2.45) is 5.92 Å². The van der Waals surface area contributed by atoms with Crippen LogP contribution in [-0.2, 0) is 11.2 Å². The van der Waals surface area contributed by atoms with Crippen LogP contribution in [0.4, 0.5) is 4.79 Å². The van der Waals surface area contributed by atoms with Gasteiger partial charge in [-0.1, -0.05) is 24.3 Å². The van der Waals surface area contributed by atoms with Crippen LogP contribution in [-0.4, -0.2) is 40.9 Å². The lowest BCUT2D eigenvalue weighted by Gasteiger charge is -2.41. The summed E-state index contributed by atoms with van der Waals surface area (Å²) < 4.78 is 5.47. The molecule has 24 heavy (non-hydrogen) atoms. The Morgan fingerprint density at radius 1 is 1.17 bits per heavy atom. The Bertz CT molecular complexity index is 585. The maximum atomic E-state index is 12.2. The number of aliphatic hydroxyl groups excluding tert-OH is 1. The number of piperidine rings is 1. The Balaban J connectivity index is 1.66.